The number of amides is 1. The number of benzene rings is 2. The molecule has 1 aliphatic carbocycles. The van der Waals surface area contributed by atoms with Crippen LogP contribution in [0, 0.1) is 11.6 Å². The van der Waals surface area contributed by atoms with E-state index in [2.05, 4.69) is 15.7 Å². The first kappa shape index (κ1) is 16.3. The summed E-state index contributed by atoms with van der Waals surface area (Å²) in [7, 11) is 0. The molecule has 1 aromatic heterocycles. The molecular weight excluding hydrogens is 338 g/mol. The number of hydrogen-bond acceptors (Lipinski definition) is 3. The standard InChI is InChI=1S/C19H16F2N4O/c20-12-4-8-14(9-5-12)25-11-10-17(24-25)19(26)23-18-15(21)2-1-3-16(18)22-13-6-7-13/h1-5,8-11,13,22H,6-7H2,(H,23,26). The van der Waals surface area contributed by atoms with E-state index < -0.39 is 11.7 Å². The lowest BCUT2D eigenvalue weighted by atomic mass is 10.2. The number of halogens is 2. The third kappa shape index (κ3) is 3.42. The van der Waals surface area contributed by atoms with Crippen LogP contribution in [0.1, 0.15) is 23.3 Å². The molecule has 1 fully saturated rings. The van der Waals surface area contributed by atoms with E-state index in [0.717, 1.165) is 12.8 Å². The molecule has 0 radical (unpaired) electrons. The molecule has 0 bridgehead atoms. The Kier molecular flexibility index (Phi) is 4.12. The van der Waals surface area contributed by atoms with Gasteiger partial charge in [0, 0.05) is 12.2 Å². The van der Waals surface area contributed by atoms with Crippen LogP contribution in [0.15, 0.2) is 54.7 Å². The smallest absolute Gasteiger partial charge is 0.276 e. The van der Waals surface area contributed by atoms with Gasteiger partial charge in [-0.05, 0) is 55.3 Å². The zero-order chi connectivity index (χ0) is 18.1. The van der Waals surface area contributed by atoms with Gasteiger partial charge in [-0.1, -0.05) is 6.07 Å². The minimum atomic E-state index is -0.519. The van der Waals surface area contributed by atoms with Gasteiger partial charge in [-0.2, -0.15) is 5.10 Å². The molecule has 1 aliphatic rings. The second-order valence-electron chi connectivity index (χ2n) is 6.16. The maximum absolute atomic E-state index is 14.2. The fourth-order valence-corrected chi connectivity index (χ4v) is 2.58. The van der Waals surface area contributed by atoms with Crippen molar-refractivity contribution in [3.8, 4) is 5.69 Å². The SMILES string of the molecule is O=C(Nc1c(F)cccc1NC1CC1)c1ccn(-c2ccc(F)cc2)n1. The number of carbonyl (C=O) groups is 1. The lowest BCUT2D eigenvalue weighted by Gasteiger charge is -2.12. The van der Waals surface area contributed by atoms with Crippen molar-refractivity contribution in [2.45, 2.75) is 18.9 Å². The molecule has 3 aromatic rings. The first-order chi connectivity index (χ1) is 12.6. The summed E-state index contributed by atoms with van der Waals surface area (Å²) in [6.07, 6.45) is 3.66. The Labute approximate surface area is 148 Å². The van der Waals surface area contributed by atoms with Crippen molar-refractivity contribution in [1.29, 1.82) is 0 Å². The Bertz CT molecular complexity index is 948. The Morgan fingerprint density at radius 1 is 1.08 bits per heavy atom. The maximum Gasteiger partial charge on any atom is 0.276 e. The molecule has 0 atom stereocenters. The summed E-state index contributed by atoms with van der Waals surface area (Å²) in [5.74, 6) is -1.38. The highest BCUT2D eigenvalue weighted by atomic mass is 19.1. The Hall–Kier alpha value is -3.22. The van der Waals surface area contributed by atoms with Crippen LogP contribution in [0.2, 0.25) is 0 Å². The number of carbonyl (C=O) groups excluding carboxylic acids is 1. The maximum atomic E-state index is 14.2. The molecule has 7 heteroatoms. The molecule has 132 valence electrons. The van der Waals surface area contributed by atoms with Crippen LogP contribution in [0.5, 0.6) is 0 Å². The van der Waals surface area contributed by atoms with E-state index in [1.165, 1.54) is 28.9 Å². The van der Waals surface area contributed by atoms with Crippen molar-refractivity contribution in [3.63, 3.8) is 0 Å². The van der Waals surface area contributed by atoms with Gasteiger partial charge < -0.3 is 10.6 Å². The minimum Gasteiger partial charge on any atom is -0.381 e. The number of hydrogen-bond donors (Lipinski definition) is 2. The van der Waals surface area contributed by atoms with Crippen molar-refractivity contribution in [2.24, 2.45) is 0 Å². The van der Waals surface area contributed by atoms with Gasteiger partial charge in [0.25, 0.3) is 5.91 Å². The number of nitrogens with one attached hydrogen (secondary N) is 2. The fourth-order valence-electron chi connectivity index (χ4n) is 2.58. The normalized spacial score (nSPS) is 13.5. The average Bonchev–Trinajstić information content (AvgIpc) is 3.30. The molecule has 0 unspecified atom stereocenters. The number of anilines is 2. The summed E-state index contributed by atoms with van der Waals surface area (Å²) in [4.78, 5) is 12.5. The van der Waals surface area contributed by atoms with Gasteiger partial charge in [-0.25, -0.2) is 13.5 Å². The van der Waals surface area contributed by atoms with E-state index >= 15 is 0 Å². The van der Waals surface area contributed by atoms with Crippen molar-refractivity contribution in [2.75, 3.05) is 10.6 Å². The lowest BCUT2D eigenvalue weighted by molar-refractivity contribution is 0.102. The average molecular weight is 354 g/mol. The third-order valence-electron chi connectivity index (χ3n) is 4.10. The molecule has 5 nitrogen and oxygen atoms in total. The van der Waals surface area contributed by atoms with Crippen molar-refractivity contribution in [1.82, 2.24) is 9.78 Å². The van der Waals surface area contributed by atoms with Gasteiger partial charge in [-0.15, -0.1) is 0 Å². The van der Waals surface area contributed by atoms with Crippen molar-refractivity contribution in [3.05, 3.63) is 72.1 Å². The highest BCUT2D eigenvalue weighted by molar-refractivity contribution is 6.04. The van der Waals surface area contributed by atoms with E-state index in [4.69, 9.17) is 0 Å². The van der Waals surface area contributed by atoms with E-state index in [1.54, 1.807) is 30.5 Å². The van der Waals surface area contributed by atoms with Gasteiger partial charge in [-0.3, -0.25) is 4.79 Å². The molecule has 0 saturated heterocycles. The van der Waals surface area contributed by atoms with Gasteiger partial charge >= 0.3 is 0 Å². The van der Waals surface area contributed by atoms with Gasteiger partial charge in [0.1, 0.15) is 17.3 Å². The summed E-state index contributed by atoms with van der Waals surface area (Å²) in [6.45, 7) is 0. The van der Waals surface area contributed by atoms with Gasteiger partial charge in [0.05, 0.1) is 11.4 Å². The lowest BCUT2D eigenvalue weighted by Crippen LogP contribution is -2.16. The quantitative estimate of drug-likeness (QED) is 0.729. The molecular formula is C19H16F2N4O. The van der Waals surface area contributed by atoms with Crippen LogP contribution in [-0.2, 0) is 0 Å². The van der Waals surface area contributed by atoms with Gasteiger partial charge in [0.15, 0.2) is 5.69 Å². The summed E-state index contributed by atoms with van der Waals surface area (Å²) in [5, 5.41) is 9.97. The molecule has 0 spiro atoms. The fraction of sp³-hybridized carbons (Fsp3) is 0.158. The molecule has 26 heavy (non-hydrogen) atoms. The molecule has 1 amide bonds. The van der Waals surface area contributed by atoms with Crippen LogP contribution in [0.3, 0.4) is 0 Å². The zero-order valence-corrected chi connectivity index (χ0v) is 13.7. The molecule has 1 saturated carbocycles. The molecule has 1 heterocycles. The van der Waals surface area contributed by atoms with E-state index in [0.29, 0.717) is 17.4 Å². The van der Waals surface area contributed by atoms with Crippen LogP contribution >= 0.6 is 0 Å². The number of para-hydroxylation sites is 1. The highest BCUT2D eigenvalue weighted by Gasteiger charge is 2.23. The second kappa shape index (κ2) is 6.59. The first-order valence-electron chi connectivity index (χ1n) is 8.28. The second-order valence-corrected chi connectivity index (χ2v) is 6.16. The monoisotopic (exact) mass is 354 g/mol. The summed E-state index contributed by atoms with van der Waals surface area (Å²) in [5.41, 5.74) is 1.42. The molecule has 0 aliphatic heterocycles. The molecule has 2 aromatic carbocycles. The first-order valence-corrected chi connectivity index (χ1v) is 8.28. The Morgan fingerprint density at radius 3 is 2.58 bits per heavy atom. The van der Waals surface area contributed by atoms with Gasteiger partial charge in [0.2, 0.25) is 0 Å². The Balaban J connectivity index is 1.55. The summed E-state index contributed by atoms with van der Waals surface area (Å²) in [6, 6.07) is 12.2. The van der Waals surface area contributed by atoms with Crippen molar-refractivity contribution >= 4 is 17.3 Å². The topological polar surface area (TPSA) is 59.0 Å². The predicted octanol–water partition coefficient (Wildman–Crippen LogP) is 3.98. The molecule has 2 N–H and O–H groups in total. The summed E-state index contributed by atoms with van der Waals surface area (Å²) < 4.78 is 28.7. The van der Waals surface area contributed by atoms with E-state index in [1.807, 2.05) is 0 Å². The predicted molar refractivity (Wildman–Crippen MR) is 94.5 cm³/mol. The van der Waals surface area contributed by atoms with Crippen LogP contribution in [0.25, 0.3) is 5.69 Å². The largest absolute Gasteiger partial charge is 0.381 e. The van der Waals surface area contributed by atoms with Crippen LogP contribution in [0.4, 0.5) is 20.2 Å². The van der Waals surface area contributed by atoms with Crippen LogP contribution < -0.4 is 10.6 Å². The zero-order valence-electron chi connectivity index (χ0n) is 13.7. The Morgan fingerprint density at radius 2 is 1.85 bits per heavy atom. The number of aromatic nitrogens is 2. The minimum absolute atomic E-state index is 0.112. The highest BCUT2D eigenvalue weighted by Crippen LogP contribution is 2.31. The summed E-state index contributed by atoms with van der Waals surface area (Å²) >= 11 is 0. The van der Waals surface area contributed by atoms with Crippen LogP contribution in [-0.4, -0.2) is 21.7 Å². The number of nitrogens with zero attached hydrogens (tertiary/aromatic N) is 2. The van der Waals surface area contributed by atoms with E-state index in [-0.39, 0.29) is 17.2 Å². The third-order valence-corrected chi connectivity index (χ3v) is 4.10. The number of rotatable bonds is 5. The molecule has 4 rings (SSSR count). The van der Waals surface area contributed by atoms with E-state index in [9.17, 15) is 13.6 Å². The van der Waals surface area contributed by atoms with Crippen molar-refractivity contribution < 1.29 is 13.6 Å².